The van der Waals surface area contributed by atoms with E-state index >= 15 is 0 Å². The first-order valence-electron chi connectivity index (χ1n) is 6.92. The second-order valence-corrected chi connectivity index (χ2v) is 5.34. The second kappa shape index (κ2) is 8.00. The largest absolute Gasteiger partial charge is 0.455 e. The van der Waals surface area contributed by atoms with Gasteiger partial charge in [-0.1, -0.05) is 23.7 Å². The third-order valence-electron chi connectivity index (χ3n) is 3.18. The van der Waals surface area contributed by atoms with Crippen LogP contribution in [-0.2, 0) is 25.5 Å². The Kier molecular flexibility index (Phi) is 6.02. The standard InChI is InChI=1S/C15H18ClNO4/c16-12-5-3-11(4-6-12)8-15(19)21-10-14(18)17-9-13-2-1-7-20-13/h3-6,13H,1-2,7-10H2,(H,17,18). The molecule has 1 heterocycles. The van der Waals surface area contributed by atoms with Crippen molar-refractivity contribution in [2.75, 3.05) is 19.8 Å². The average Bonchev–Trinajstić information content (AvgIpc) is 2.99. The molecule has 1 unspecified atom stereocenters. The summed E-state index contributed by atoms with van der Waals surface area (Å²) in [6, 6.07) is 6.92. The van der Waals surface area contributed by atoms with Crippen molar-refractivity contribution in [3.63, 3.8) is 0 Å². The molecule has 5 nitrogen and oxygen atoms in total. The molecule has 1 saturated heterocycles. The van der Waals surface area contributed by atoms with E-state index in [0.717, 1.165) is 25.0 Å². The topological polar surface area (TPSA) is 64.6 Å². The van der Waals surface area contributed by atoms with E-state index in [1.165, 1.54) is 0 Å². The van der Waals surface area contributed by atoms with E-state index in [1.807, 2.05) is 0 Å². The Morgan fingerprint density at radius 2 is 2.10 bits per heavy atom. The summed E-state index contributed by atoms with van der Waals surface area (Å²) in [6.07, 6.45) is 2.18. The van der Waals surface area contributed by atoms with Gasteiger partial charge in [0.15, 0.2) is 6.61 Å². The number of ether oxygens (including phenoxy) is 2. The Morgan fingerprint density at radius 1 is 1.33 bits per heavy atom. The van der Waals surface area contributed by atoms with Crippen LogP contribution in [0.4, 0.5) is 0 Å². The fourth-order valence-corrected chi connectivity index (χ4v) is 2.18. The minimum atomic E-state index is -0.440. The summed E-state index contributed by atoms with van der Waals surface area (Å²) in [6.45, 7) is 0.948. The van der Waals surface area contributed by atoms with Crippen LogP contribution in [0, 0.1) is 0 Å². The van der Waals surface area contributed by atoms with Gasteiger partial charge in [-0.25, -0.2) is 0 Å². The average molecular weight is 312 g/mol. The van der Waals surface area contributed by atoms with Gasteiger partial charge in [0.2, 0.25) is 0 Å². The van der Waals surface area contributed by atoms with E-state index in [9.17, 15) is 9.59 Å². The van der Waals surface area contributed by atoms with E-state index in [0.29, 0.717) is 11.6 Å². The summed E-state index contributed by atoms with van der Waals surface area (Å²) in [5.41, 5.74) is 0.796. The lowest BCUT2D eigenvalue weighted by Gasteiger charge is -2.11. The van der Waals surface area contributed by atoms with Gasteiger partial charge in [-0.15, -0.1) is 0 Å². The Labute approximate surface area is 128 Å². The molecule has 1 amide bonds. The maximum Gasteiger partial charge on any atom is 0.310 e. The van der Waals surface area contributed by atoms with Crippen molar-refractivity contribution in [2.24, 2.45) is 0 Å². The first-order chi connectivity index (χ1) is 10.1. The molecule has 0 aliphatic carbocycles. The molecule has 1 aliphatic rings. The second-order valence-electron chi connectivity index (χ2n) is 4.90. The van der Waals surface area contributed by atoms with Crippen LogP contribution in [0.2, 0.25) is 5.02 Å². The zero-order valence-corrected chi connectivity index (χ0v) is 12.4. The number of hydrogen-bond acceptors (Lipinski definition) is 4. The molecule has 1 atom stereocenters. The van der Waals surface area contributed by atoms with Gasteiger partial charge in [-0.05, 0) is 30.5 Å². The van der Waals surface area contributed by atoms with Crippen molar-refractivity contribution in [3.8, 4) is 0 Å². The number of carbonyl (C=O) groups is 2. The highest BCUT2D eigenvalue weighted by atomic mass is 35.5. The molecular weight excluding hydrogens is 294 g/mol. The highest BCUT2D eigenvalue weighted by molar-refractivity contribution is 6.30. The molecule has 0 aromatic heterocycles. The van der Waals surface area contributed by atoms with Gasteiger partial charge >= 0.3 is 5.97 Å². The zero-order chi connectivity index (χ0) is 15.1. The van der Waals surface area contributed by atoms with E-state index in [4.69, 9.17) is 21.1 Å². The van der Waals surface area contributed by atoms with Gasteiger partial charge in [0.1, 0.15) is 0 Å². The van der Waals surface area contributed by atoms with Crippen LogP contribution in [0.3, 0.4) is 0 Å². The fraction of sp³-hybridized carbons (Fsp3) is 0.467. The molecular formula is C15H18ClNO4. The third-order valence-corrected chi connectivity index (χ3v) is 3.43. The molecule has 0 radical (unpaired) electrons. The molecule has 1 fully saturated rings. The summed E-state index contributed by atoms with van der Waals surface area (Å²) in [5, 5.41) is 3.30. The van der Waals surface area contributed by atoms with Crippen LogP contribution in [0.1, 0.15) is 18.4 Å². The summed E-state index contributed by atoms with van der Waals surface area (Å²) in [5.74, 6) is -0.750. The van der Waals surface area contributed by atoms with Gasteiger partial charge in [0, 0.05) is 18.2 Å². The van der Waals surface area contributed by atoms with Crippen molar-refractivity contribution < 1.29 is 19.1 Å². The smallest absolute Gasteiger partial charge is 0.310 e. The van der Waals surface area contributed by atoms with Crippen molar-refractivity contribution in [3.05, 3.63) is 34.9 Å². The lowest BCUT2D eigenvalue weighted by Crippen LogP contribution is -2.35. The Morgan fingerprint density at radius 3 is 2.76 bits per heavy atom. The van der Waals surface area contributed by atoms with Gasteiger partial charge in [0.25, 0.3) is 5.91 Å². The van der Waals surface area contributed by atoms with E-state index in [-0.39, 0.29) is 25.0 Å². The van der Waals surface area contributed by atoms with E-state index in [1.54, 1.807) is 24.3 Å². The Bertz CT molecular complexity index is 483. The van der Waals surface area contributed by atoms with E-state index in [2.05, 4.69) is 5.32 Å². The fourth-order valence-electron chi connectivity index (χ4n) is 2.05. The van der Waals surface area contributed by atoms with Gasteiger partial charge in [-0.2, -0.15) is 0 Å². The molecule has 0 spiro atoms. The summed E-state index contributed by atoms with van der Waals surface area (Å²) in [4.78, 5) is 23.1. The summed E-state index contributed by atoms with van der Waals surface area (Å²) < 4.78 is 10.3. The monoisotopic (exact) mass is 311 g/mol. The van der Waals surface area contributed by atoms with Crippen molar-refractivity contribution in [1.82, 2.24) is 5.32 Å². The Hall–Kier alpha value is -1.59. The number of carbonyl (C=O) groups excluding carboxylic acids is 2. The minimum Gasteiger partial charge on any atom is -0.455 e. The molecule has 0 bridgehead atoms. The SMILES string of the molecule is O=C(COC(=O)Cc1ccc(Cl)cc1)NCC1CCCO1. The number of esters is 1. The van der Waals surface area contributed by atoms with Crippen LogP contribution in [0.25, 0.3) is 0 Å². The van der Waals surface area contributed by atoms with Crippen molar-refractivity contribution >= 4 is 23.5 Å². The maximum atomic E-state index is 11.6. The van der Waals surface area contributed by atoms with Crippen molar-refractivity contribution in [1.29, 1.82) is 0 Å². The molecule has 2 rings (SSSR count). The molecule has 1 aliphatic heterocycles. The maximum absolute atomic E-state index is 11.6. The summed E-state index contributed by atoms with van der Waals surface area (Å²) >= 11 is 5.76. The van der Waals surface area contributed by atoms with Gasteiger partial charge in [0.05, 0.1) is 12.5 Å². The first-order valence-corrected chi connectivity index (χ1v) is 7.29. The molecule has 1 aromatic rings. The third kappa shape index (κ3) is 5.73. The number of nitrogens with one attached hydrogen (secondary N) is 1. The molecule has 1 aromatic carbocycles. The lowest BCUT2D eigenvalue weighted by atomic mass is 10.1. The van der Waals surface area contributed by atoms with Crippen LogP contribution in [0.5, 0.6) is 0 Å². The quantitative estimate of drug-likeness (QED) is 0.813. The van der Waals surface area contributed by atoms with Crippen LogP contribution >= 0.6 is 11.6 Å². The zero-order valence-electron chi connectivity index (χ0n) is 11.6. The van der Waals surface area contributed by atoms with E-state index < -0.39 is 5.97 Å². The molecule has 21 heavy (non-hydrogen) atoms. The van der Waals surface area contributed by atoms with Crippen LogP contribution in [0.15, 0.2) is 24.3 Å². The highest BCUT2D eigenvalue weighted by Crippen LogP contribution is 2.11. The normalized spacial score (nSPS) is 17.5. The minimum absolute atomic E-state index is 0.0821. The summed E-state index contributed by atoms with van der Waals surface area (Å²) in [7, 11) is 0. The highest BCUT2D eigenvalue weighted by Gasteiger charge is 2.16. The van der Waals surface area contributed by atoms with Crippen LogP contribution in [-0.4, -0.2) is 37.7 Å². The van der Waals surface area contributed by atoms with Gasteiger partial charge in [-0.3, -0.25) is 9.59 Å². The molecule has 0 saturated carbocycles. The predicted octanol–water partition coefficient (Wildman–Crippen LogP) is 1.72. The number of amides is 1. The number of benzene rings is 1. The lowest BCUT2D eigenvalue weighted by molar-refractivity contribution is -0.148. The van der Waals surface area contributed by atoms with Gasteiger partial charge < -0.3 is 14.8 Å². The molecule has 6 heteroatoms. The predicted molar refractivity (Wildman–Crippen MR) is 78.1 cm³/mol. The Balaban J connectivity index is 1.63. The van der Waals surface area contributed by atoms with Crippen LogP contribution < -0.4 is 5.32 Å². The number of halogens is 1. The van der Waals surface area contributed by atoms with Crippen molar-refractivity contribution in [2.45, 2.75) is 25.4 Å². The molecule has 114 valence electrons. The first kappa shape index (κ1) is 15.8. The molecule has 1 N–H and O–H groups in total. The number of rotatable bonds is 6. The number of hydrogen-bond donors (Lipinski definition) is 1.